The molecule has 2 aromatic carbocycles. The second-order valence-electron chi connectivity index (χ2n) is 6.13. The summed E-state index contributed by atoms with van der Waals surface area (Å²) in [4.78, 5) is 12.3. The summed E-state index contributed by atoms with van der Waals surface area (Å²) in [6.07, 6.45) is -5.44. The summed E-state index contributed by atoms with van der Waals surface area (Å²) >= 11 is 5.90. The molecule has 0 fully saturated rings. The SMILES string of the molecule is CC(Oc1ccccc1C(C)C)C(=O)Nc1cc(C(F)(F)F)ccc1Cl. The predicted molar refractivity (Wildman–Crippen MR) is 95.7 cm³/mol. The van der Waals surface area contributed by atoms with Crippen molar-refractivity contribution < 1.29 is 22.7 Å². The Labute approximate surface area is 155 Å². The normalized spacial score (nSPS) is 12.8. The fraction of sp³-hybridized carbons (Fsp3) is 0.316. The van der Waals surface area contributed by atoms with E-state index in [9.17, 15) is 18.0 Å². The molecular formula is C19H19ClF3NO2. The number of halogens is 4. The number of benzene rings is 2. The van der Waals surface area contributed by atoms with E-state index in [1.807, 2.05) is 26.0 Å². The monoisotopic (exact) mass is 385 g/mol. The quantitative estimate of drug-likeness (QED) is 0.697. The van der Waals surface area contributed by atoms with Crippen molar-refractivity contribution in [2.75, 3.05) is 5.32 Å². The topological polar surface area (TPSA) is 38.3 Å². The number of ether oxygens (including phenoxy) is 1. The molecule has 7 heteroatoms. The Morgan fingerprint density at radius 2 is 1.77 bits per heavy atom. The Bertz CT molecular complexity index is 791. The van der Waals surface area contributed by atoms with Crippen LogP contribution in [-0.4, -0.2) is 12.0 Å². The lowest BCUT2D eigenvalue weighted by Gasteiger charge is -2.19. The van der Waals surface area contributed by atoms with E-state index in [0.29, 0.717) is 5.75 Å². The molecule has 0 aromatic heterocycles. The number of rotatable bonds is 5. The number of anilines is 1. The summed E-state index contributed by atoms with van der Waals surface area (Å²) < 4.78 is 44.2. The molecule has 1 amide bonds. The lowest BCUT2D eigenvalue weighted by Crippen LogP contribution is -2.30. The zero-order valence-corrected chi connectivity index (χ0v) is 15.3. The van der Waals surface area contributed by atoms with E-state index in [2.05, 4.69) is 5.32 Å². The van der Waals surface area contributed by atoms with E-state index in [-0.39, 0.29) is 16.6 Å². The van der Waals surface area contributed by atoms with Gasteiger partial charge < -0.3 is 10.1 Å². The number of carbonyl (C=O) groups excluding carboxylic acids is 1. The van der Waals surface area contributed by atoms with Gasteiger partial charge in [0.2, 0.25) is 0 Å². The molecule has 140 valence electrons. The average molecular weight is 386 g/mol. The van der Waals surface area contributed by atoms with Gasteiger partial charge in [-0.05, 0) is 42.7 Å². The van der Waals surface area contributed by atoms with Crippen molar-refractivity contribution >= 4 is 23.2 Å². The Balaban J connectivity index is 2.15. The third kappa shape index (κ3) is 4.91. The summed E-state index contributed by atoms with van der Waals surface area (Å²) in [5.41, 5.74) is -0.0701. The van der Waals surface area contributed by atoms with Crippen molar-refractivity contribution in [3.8, 4) is 5.75 Å². The highest BCUT2D eigenvalue weighted by Crippen LogP contribution is 2.34. The van der Waals surface area contributed by atoms with Gasteiger partial charge in [0.1, 0.15) is 5.75 Å². The Morgan fingerprint density at radius 1 is 1.12 bits per heavy atom. The molecule has 0 heterocycles. The maximum Gasteiger partial charge on any atom is 0.416 e. The third-order valence-electron chi connectivity index (χ3n) is 3.77. The van der Waals surface area contributed by atoms with Crippen LogP contribution in [-0.2, 0) is 11.0 Å². The Kier molecular flexibility index (Phi) is 6.18. The number of hydrogen-bond donors (Lipinski definition) is 1. The number of alkyl halides is 3. The van der Waals surface area contributed by atoms with Gasteiger partial charge in [0, 0.05) is 0 Å². The fourth-order valence-corrected chi connectivity index (χ4v) is 2.51. The molecule has 1 atom stereocenters. The third-order valence-corrected chi connectivity index (χ3v) is 4.10. The summed E-state index contributed by atoms with van der Waals surface area (Å²) in [7, 11) is 0. The Hall–Kier alpha value is -2.21. The first-order chi connectivity index (χ1) is 12.1. The Morgan fingerprint density at radius 3 is 2.38 bits per heavy atom. The van der Waals surface area contributed by atoms with Crippen molar-refractivity contribution in [3.63, 3.8) is 0 Å². The van der Waals surface area contributed by atoms with Gasteiger partial charge in [-0.2, -0.15) is 13.2 Å². The van der Waals surface area contributed by atoms with Crippen LogP contribution >= 0.6 is 11.6 Å². The summed E-state index contributed by atoms with van der Waals surface area (Å²) in [5, 5.41) is 2.41. The molecule has 2 aromatic rings. The first-order valence-electron chi connectivity index (χ1n) is 8.02. The van der Waals surface area contributed by atoms with Gasteiger partial charge in [-0.3, -0.25) is 4.79 Å². The molecule has 26 heavy (non-hydrogen) atoms. The largest absolute Gasteiger partial charge is 0.481 e. The van der Waals surface area contributed by atoms with Crippen LogP contribution in [0.3, 0.4) is 0 Å². The first kappa shape index (κ1) is 20.1. The van der Waals surface area contributed by atoms with Crippen molar-refractivity contribution in [2.24, 2.45) is 0 Å². The maximum absolute atomic E-state index is 12.8. The minimum Gasteiger partial charge on any atom is -0.481 e. The highest BCUT2D eigenvalue weighted by molar-refractivity contribution is 6.33. The van der Waals surface area contributed by atoms with E-state index in [0.717, 1.165) is 23.8 Å². The first-order valence-corrected chi connectivity index (χ1v) is 8.40. The van der Waals surface area contributed by atoms with Crippen molar-refractivity contribution in [2.45, 2.75) is 39.0 Å². The van der Waals surface area contributed by atoms with Crippen LogP contribution in [0.1, 0.15) is 37.8 Å². The minimum absolute atomic E-state index is 0.0149. The van der Waals surface area contributed by atoms with Gasteiger partial charge in [-0.25, -0.2) is 0 Å². The number of amides is 1. The molecule has 0 radical (unpaired) electrons. The van der Waals surface area contributed by atoms with Crippen molar-refractivity contribution in [1.29, 1.82) is 0 Å². The number of para-hydroxylation sites is 1. The van der Waals surface area contributed by atoms with Crippen LogP contribution < -0.4 is 10.1 Å². The molecule has 0 bridgehead atoms. The van der Waals surface area contributed by atoms with E-state index in [4.69, 9.17) is 16.3 Å². The number of carbonyl (C=O) groups is 1. The highest BCUT2D eigenvalue weighted by Gasteiger charge is 2.31. The van der Waals surface area contributed by atoms with Crippen LogP contribution in [0.15, 0.2) is 42.5 Å². The van der Waals surface area contributed by atoms with Gasteiger partial charge in [0.15, 0.2) is 6.10 Å². The minimum atomic E-state index is -4.53. The maximum atomic E-state index is 12.8. The van der Waals surface area contributed by atoms with Gasteiger partial charge in [-0.1, -0.05) is 43.6 Å². The van der Waals surface area contributed by atoms with Gasteiger partial charge in [0.05, 0.1) is 16.3 Å². The molecule has 2 rings (SSSR count). The predicted octanol–water partition coefficient (Wildman–Crippen LogP) is 5.89. The lowest BCUT2D eigenvalue weighted by molar-refractivity contribution is -0.137. The summed E-state index contributed by atoms with van der Waals surface area (Å²) in [6.45, 7) is 5.51. The molecule has 1 N–H and O–H groups in total. The number of hydrogen-bond acceptors (Lipinski definition) is 2. The molecule has 0 aliphatic rings. The van der Waals surface area contributed by atoms with Crippen LogP contribution in [0.5, 0.6) is 5.75 Å². The van der Waals surface area contributed by atoms with E-state index in [1.165, 1.54) is 6.92 Å². The molecule has 0 aliphatic heterocycles. The molecule has 0 spiro atoms. The molecule has 0 aliphatic carbocycles. The highest BCUT2D eigenvalue weighted by atomic mass is 35.5. The smallest absolute Gasteiger partial charge is 0.416 e. The van der Waals surface area contributed by atoms with E-state index in [1.54, 1.807) is 12.1 Å². The van der Waals surface area contributed by atoms with Gasteiger partial charge >= 0.3 is 6.18 Å². The zero-order valence-electron chi connectivity index (χ0n) is 14.5. The van der Waals surface area contributed by atoms with Gasteiger partial charge in [0.25, 0.3) is 5.91 Å². The number of nitrogens with one attached hydrogen (secondary N) is 1. The molecular weight excluding hydrogens is 367 g/mol. The second kappa shape index (κ2) is 7.99. The molecule has 3 nitrogen and oxygen atoms in total. The van der Waals surface area contributed by atoms with Crippen molar-refractivity contribution in [1.82, 2.24) is 0 Å². The van der Waals surface area contributed by atoms with Crippen LogP contribution in [0.25, 0.3) is 0 Å². The average Bonchev–Trinajstić information content (AvgIpc) is 2.56. The molecule has 0 saturated carbocycles. The summed E-state index contributed by atoms with van der Waals surface area (Å²) in [5.74, 6) is 0.157. The van der Waals surface area contributed by atoms with Gasteiger partial charge in [-0.15, -0.1) is 0 Å². The van der Waals surface area contributed by atoms with Crippen LogP contribution in [0.2, 0.25) is 5.02 Å². The lowest BCUT2D eigenvalue weighted by atomic mass is 10.0. The van der Waals surface area contributed by atoms with E-state index >= 15 is 0 Å². The summed E-state index contributed by atoms with van der Waals surface area (Å²) in [6, 6.07) is 10.1. The molecule has 0 saturated heterocycles. The fourth-order valence-electron chi connectivity index (χ4n) is 2.34. The van der Waals surface area contributed by atoms with E-state index < -0.39 is 23.8 Å². The zero-order chi connectivity index (χ0) is 19.5. The van der Waals surface area contributed by atoms with Crippen molar-refractivity contribution in [3.05, 3.63) is 58.6 Å². The van der Waals surface area contributed by atoms with Crippen LogP contribution in [0.4, 0.5) is 18.9 Å². The standard InChI is InChI=1S/C19H19ClF3NO2/c1-11(2)14-6-4-5-7-17(14)26-12(3)18(25)24-16-10-13(19(21,22)23)8-9-15(16)20/h4-12H,1-3H3,(H,24,25). The molecule has 1 unspecified atom stereocenters. The van der Waals surface area contributed by atoms with Crippen LogP contribution in [0, 0.1) is 0 Å². The second-order valence-corrected chi connectivity index (χ2v) is 6.54.